The molecule has 0 saturated carbocycles. The highest BCUT2D eigenvalue weighted by Gasteiger charge is 2.44. The van der Waals surface area contributed by atoms with E-state index in [1.54, 1.807) is 68.7 Å². The van der Waals surface area contributed by atoms with Gasteiger partial charge in [0.25, 0.3) is 0 Å². The van der Waals surface area contributed by atoms with E-state index in [9.17, 15) is 58.2 Å². The van der Waals surface area contributed by atoms with E-state index in [4.69, 9.17) is 5.73 Å². The summed E-state index contributed by atoms with van der Waals surface area (Å²) in [6, 6.07) is 3.97. The standard InChI is InChI=1S/C91H124N18O19S/c1-9-11-27-74-86(123)98-53(5)80(117)105-73-49-129-50-79(116)99-70(36-54-30-32-60(111)33-31-54)89(126)106(6)47-62(113)38-56(41-78(92)115)88(125)109-34-20-29-75(109)87(124)102-69(42-59-45-93-51-97-59)84(121)101-68(35-52(3)4)83(120)100-67(26-15-13-14-21-61(112)46-96-82(73)119)77(114)40-55(37-57-43-94-65-24-18-16-22-63(57)65)81(118)104-72(48-110)85(122)103-71(39-58-44-95-66-25-19-17-23-64(58)66)90(127)108(8)76(28-12-10-2)91(128)107(74)7/h16-19,22-25,30-33,43-45,51-53,55-56,67-76,94-95,110-111H,9-15,20-21,26-29,34-42,46-50H2,1-8H3,(H2,92,115)(H,93,97)(H,96,119)(H,98,123)(H,99,116)(H,100,120)(H,101,121)(H,102,124)(H,103,122)(H,104,118)(H,105,117)/t53-,55+,56-,67-,68-,69-,70-,71-,72-,73-,74-,75-,76-/m0/s1. The summed E-state index contributed by atoms with van der Waals surface area (Å²) in [6.07, 6.45) is 5.58. The molecule has 2 bridgehead atoms. The molecule has 0 aliphatic carbocycles. The number of Topliss-reactive ketones (excluding diaryl/α,β-unsaturated/α-hetero) is 3. The number of nitrogens with zero attached hydrogens (tertiary/aromatic N) is 5. The van der Waals surface area contributed by atoms with Crippen LogP contribution in [0.3, 0.4) is 0 Å². The minimum atomic E-state index is -1.81. The summed E-state index contributed by atoms with van der Waals surface area (Å²) in [5.41, 5.74) is 8.98. The summed E-state index contributed by atoms with van der Waals surface area (Å²) in [7, 11) is 4.04. The molecule has 16 N–H and O–H groups in total. The average Bonchev–Trinajstić information content (AvgIpc) is 1.71. The Morgan fingerprint density at radius 1 is 0.558 bits per heavy atom. The summed E-state index contributed by atoms with van der Waals surface area (Å²) in [5.74, 6) is -18.2. The summed E-state index contributed by atoms with van der Waals surface area (Å²) in [4.78, 5) is 270. The maximum Gasteiger partial charge on any atom is 0.245 e. The zero-order valence-corrected chi connectivity index (χ0v) is 75.3. The van der Waals surface area contributed by atoms with Gasteiger partial charge in [0.1, 0.15) is 66.2 Å². The quantitative estimate of drug-likeness (QED) is 0.0552. The topological polar surface area (TPSA) is 538 Å². The van der Waals surface area contributed by atoms with Crippen LogP contribution in [0.2, 0.25) is 0 Å². The van der Waals surface area contributed by atoms with Crippen molar-refractivity contribution >= 4 is 134 Å². The number of nitrogens with two attached hydrogens (primary N) is 1. The van der Waals surface area contributed by atoms with E-state index in [0.717, 1.165) is 16.7 Å². The van der Waals surface area contributed by atoms with Crippen molar-refractivity contribution in [2.24, 2.45) is 23.5 Å². The first-order valence-corrected chi connectivity index (χ1v) is 45.5. The van der Waals surface area contributed by atoms with Crippen LogP contribution in [0.1, 0.15) is 166 Å². The maximum atomic E-state index is 15.7. The van der Waals surface area contributed by atoms with Crippen LogP contribution in [-0.2, 0) is 107 Å². The number of amides is 14. The summed E-state index contributed by atoms with van der Waals surface area (Å²) >= 11 is 0.825. The van der Waals surface area contributed by atoms with Crippen molar-refractivity contribution in [2.75, 3.05) is 58.9 Å². The number of aromatic nitrogens is 4. The van der Waals surface area contributed by atoms with Gasteiger partial charge in [-0.15, -0.1) is 11.8 Å². The van der Waals surface area contributed by atoms with Gasteiger partial charge in [-0.25, -0.2) is 4.98 Å². The van der Waals surface area contributed by atoms with Crippen LogP contribution >= 0.6 is 11.8 Å². The molecule has 0 spiro atoms. The highest BCUT2D eigenvalue weighted by molar-refractivity contribution is 8.00. The van der Waals surface area contributed by atoms with E-state index >= 15 is 33.6 Å². The van der Waals surface area contributed by atoms with E-state index in [2.05, 4.69) is 67.8 Å². The highest BCUT2D eigenvalue weighted by Crippen LogP contribution is 2.29. The maximum absolute atomic E-state index is 15.7. The molecule has 698 valence electrons. The zero-order valence-electron chi connectivity index (χ0n) is 74.5. The second-order valence-electron chi connectivity index (χ2n) is 34.3. The van der Waals surface area contributed by atoms with Crippen molar-refractivity contribution in [3.63, 3.8) is 0 Å². The number of benzene rings is 3. The zero-order chi connectivity index (χ0) is 93.7. The molecule has 0 unspecified atom stereocenters. The van der Waals surface area contributed by atoms with Gasteiger partial charge < -0.3 is 98.3 Å². The van der Waals surface area contributed by atoms with Crippen LogP contribution < -0.4 is 53.6 Å². The summed E-state index contributed by atoms with van der Waals surface area (Å²) in [6.45, 7) is 6.26. The molecule has 6 heterocycles. The van der Waals surface area contributed by atoms with Crippen molar-refractivity contribution in [3.8, 4) is 5.75 Å². The number of aromatic hydroxyl groups is 1. The number of hydrogen-bond donors (Lipinski definition) is 15. The lowest BCUT2D eigenvalue weighted by Crippen LogP contribution is -2.60. The number of aliphatic hydroxyl groups excluding tert-OH is 1. The summed E-state index contributed by atoms with van der Waals surface area (Å²) in [5, 5.41) is 47.3. The molecule has 3 saturated heterocycles. The molecule has 3 aliphatic heterocycles. The predicted octanol–water partition coefficient (Wildman–Crippen LogP) is 2.19. The first kappa shape index (κ1) is 100. The van der Waals surface area contributed by atoms with Gasteiger partial charge in [0.05, 0.1) is 43.7 Å². The van der Waals surface area contributed by atoms with Crippen LogP contribution in [0, 0.1) is 17.8 Å². The number of carbonyl (C=O) groups is 17. The largest absolute Gasteiger partial charge is 0.508 e. The number of hydrogen-bond acceptors (Lipinski definition) is 21. The first-order chi connectivity index (χ1) is 61.6. The number of phenols is 1. The molecule has 38 heteroatoms. The SMILES string of the molecule is CCCC[C@H]1C(=O)N(C)[C@@H](CCCC)C(=O)N[C@@H](C)C(=O)N[C@H]2CSCC(=O)N[C@@H](Cc3ccc(O)cc3)C(=O)N(C)CC(=O)C[C@@H](CC(N)=O)C(=O)N3CCC[C@H]3C(=O)N[C@@H](Cc3cnc[nH]3)C(=O)N[C@@H](CC(C)C)C(=O)N[C@@H](CCCCCC(=O)CNC2=O)C(=O)C[C@@H](Cc2c[nH]c3ccccc23)C(=O)N[C@@H](CO)C(=O)N[C@@H](Cc2c[nH]c3ccccc23)C(=O)N1C. The normalized spacial score (nSPS) is 24.9. The first-order valence-electron chi connectivity index (χ1n) is 44.3. The third kappa shape index (κ3) is 28.8. The van der Waals surface area contributed by atoms with Gasteiger partial charge in [0, 0.05) is 130 Å². The van der Waals surface area contributed by atoms with Gasteiger partial charge in [-0.2, -0.15) is 0 Å². The second kappa shape index (κ2) is 48.7. The molecule has 14 amide bonds. The second-order valence-corrected chi connectivity index (χ2v) is 35.3. The van der Waals surface area contributed by atoms with Gasteiger partial charge >= 0.3 is 0 Å². The number of fused-ring (bicyclic) bond motifs is 13. The Bertz CT molecular complexity index is 4960. The van der Waals surface area contributed by atoms with E-state index in [0.29, 0.717) is 69.9 Å². The third-order valence-corrected chi connectivity index (χ3v) is 24.8. The molecule has 37 nitrogen and oxygen atoms in total. The molecule has 9 rings (SSSR count). The number of phenolic OH excluding ortho intramolecular Hbond substituents is 1. The number of imidazole rings is 1. The van der Waals surface area contributed by atoms with Crippen molar-refractivity contribution in [3.05, 3.63) is 120 Å². The number of H-pyrrole nitrogens is 3. The fourth-order valence-corrected chi connectivity index (χ4v) is 17.4. The number of primary amides is 1. The molecular formula is C91H124N18O19S. The van der Waals surface area contributed by atoms with E-state index in [-0.39, 0.29) is 114 Å². The Morgan fingerprint density at radius 3 is 1.81 bits per heavy atom. The molecule has 6 aromatic rings. The molecule has 0 radical (unpaired) electrons. The van der Waals surface area contributed by atoms with Crippen LogP contribution in [0.15, 0.2) is 97.7 Å². The minimum Gasteiger partial charge on any atom is -0.508 e. The highest BCUT2D eigenvalue weighted by atomic mass is 32.2. The number of rotatable bonds is 19. The molecule has 3 aromatic heterocycles. The monoisotopic (exact) mass is 1800 g/mol. The Morgan fingerprint density at radius 2 is 1.16 bits per heavy atom. The van der Waals surface area contributed by atoms with Gasteiger partial charge in [-0.3, -0.25) is 81.5 Å². The van der Waals surface area contributed by atoms with Crippen molar-refractivity contribution in [2.45, 2.75) is 236 Å². The number of aromatic amines is 3. The number of nitrogens with one attached hydrogen (secondary N) is 12. The molecular weight excluding hydrogens is 1680 g/mol. The fourth-order valence-electron chi connectivity index (χ4n) is 16.6. The van der Waals surface area contributed by atoms with E-state index < -0.39 is 223 Å². The number of likely N-dealkylation sites (N-methyl/N-ethyl adjacent to an activating group) is 3. The third-order valence-electron chi connectivity index (χ3n) is 23.7. The number of thioether (sulfide) groups is 1. The van der Waals surface area contributed by atoms with E-state index in [1.165, 1.54) is 79.6 Å². The van der Waals surface area contributed by atoms with Crippen LogP contribution in [0.4, 0.5) is 0 Å². The average molecular weight is 1810 g/mol. The predicted molar refractivity (Wildman–Crippen MR) is 479 cm³/mol. The lowest BCUT2D eigenvalue weighted by Gasteiger charge is -2.36. The Labute approximate surface area is 753 Å². The number of ketones is 3. The van der Waals surface area contributed by atoms with Gasteiger partial charge in [-0.05, 0) is 105 Å². The van der Waals surface area contributed by atoms with Crippen LogP contribution in [0.5, 0.6) is 5.75 Å². The Balaban J connectivity index is 1.13. The van der Waals surface area contributed by atoms with Gasteiger partial charge in [0.15, 0.2) is 17.3 Å². The molecule has 3 aliphatic rings. The number of aliphatic hydroxyl groups is 1. The Hall–Kier alpha value is -12.4. The number of carbonyl (C=O) groups excluding carboxylic acids is 17. The minimum absolute atomic E-state index is 0.0461. The molecule has 129 heavy (non-hydrogen) atoms. The summed E-state index contributed by atoms with van der Waals surface area (Å²) < 4.78 is 0. The Kier molecular flexibility index (Phi) is 37.9. The van der Waals surface area contributed by atoms with Crippen molar-refractivity contribution in [1.29, 1.82) is 0 Å². The lowest BCUT2D eigenvalue weighted by atomic mass is 9.89. The molecule has 3 aromatic carbocycles. The molecule has 13 atom stereocenters. The smallest absolute Gasteiger partial charge is 0.245 e. The lowest BCUT2D eigenvalue weighted by molar-refractivity contribution is -0.149. The van der Waals surface area contributed by atoms with Gasteiger partial charge in [0.2, 0.25) is 82.7 Å². The van der Waals surface area contributed by atoms with Gasteiger partial charge in [-0.1, -0.05) is 115 Å². The number of unbranched alkanes of at least 4 members (excludes halogenated alkanes) is 2. The van der Waals surface area contributed by atoms with Crippen LogP contribution in [-0.4, -0.2) is 275 Å². The molecule has 3 fully saturated rings. The fraction of sp³-hybridized carbons (Fsp3) is 0.538. The van der Waals surface area contributed by atoms with E-state index in [1.807, 2.05) is 19.9 Å². The van der Waals surface area contributed by atoms with Crippen molar-refractivity contribution in [1.82, 2.24) is 87.4 Å². The number of para-hydroxylation sites is 2. The van der Waals surface area contributed by atoms with Crippen LogP contribution in [0.25, 0.3) is 21.8 Å². The van der Waals surface area contributed by atoms with Crippen molar-refractivity contribution < 1.29 is 91.7 Å².